The van der Waals surface area contributed by atoms with Gasteiger partial charge in [-0.25, -0.2) is 4.98 Å². The van der Waals surface area contributed by atoms with Gasteiger partial charge in [-0.05, 0) is 19.4 Å². The third-order valence-corrected chi connectivity index (χ3v) is 1.74. The van der Waals surface area contributed by atoms with Crippen molar-refractivity contribution in [2.45, 2.75) is 33.9 Å². The average molecular weight is 182 g/mol. The molecule has 1 aromatic heterocycles. The first-order valence-electron chi connectivity index (χ1n) is 4.81. The fourth-order valence-electron chi connectivity index (χ4n) is 1.04. The molecule has 0 amide bonds. The molecule has 1 N–H and O–H groups in total. The van der Waals surface area contributed by atoms with Crippen molar-refractivity contribution in [2.24, 2.45) is 5.92 Å². The van der Waals surface area contributed by atoms with Crippen molar-refractivity contribution in [1.82, 2.24) is 20.1 Å². The summed E-state index contributed by atoms with van der Waals surface area (Å²) in [4.78, 5) is 4.17. The van der Waals surface area contributed by atoms with Crippen molar-refractivity contribution in [3.8, 4) is 0 Å². The van der Waals surface area contributed by atoms with Crippen LogP contribution in [-0.2, 0) is 13.1 Å². The molecule has 1 heterocycles. The summed E-state index contributed by atoms with van der Waals surface area (Å²) in [5, 5.41) is 7.57. The molecule has 4 nitrogen and oxygen atoms in total. The molecule has 0 unspecified atom stereocenters. The summed E-state index contributed by atoms with van der Waals surface area (Å²) in [6, 6.07) is 0. The van der Waals surface area contributed by atoms with E-state index < -0.39 is 0 Å². The lowest BCUT2D eigenvalue weighted by atomic mass is 10.2. The molecule has 0 atom stereocenters. The number of aryl methyl sites for hydroxylation is 1. The smallest absolute Gasteiger partial charge is 0.164 e. The van der Waals surface area contributed by atoms with Crippen molar-refractivity contribution in [1.29, 1.82) is 0 Å². The van der Waals surface area contributed by atoms with E-state index >= 15 is 0 Å². The molecule has 1 aromatic rings. The number of rotatable bonds is 5. The Morgan fingerprint density at radius 2 is 2.31 bits per heavy atom. The van der Waals surface area contributed by atoms with E-state index in [2.05, 4.69) is 36.2 Å². The molecule has 0 radical (unpaired) electrons. The minimum Gasteiger partial charge on any atom is -0.310 e. The molecule has 13 heavy (non-hydrogen) atoms. The van der Waals surface area contributed by atoms with Gasteiger partial charge in [0, 0.05) is 6.54 Å². The third kappa shape index (κ3) is 3.55. The number of nitrogens with one attached hydrogen (secondary N) is 1. The van der Waals surface area contributed by atoms with Crippen LogP contribution in [0.3, 0.4) is 0 Å². The minimum absolute atomic E-state index is 0.674. The van der Waals surface area contributed by atoms with E-state index in [1.54, 1.807) is 6.33 Å². The Kier molecular flexibility index (Phi) is 3.89. The largest absolute Gasteiger partial charge is 0.310 e. The van der Waals surface area contributed by atoms with E-state index in [9.17, 15) is 0 Å². The highest BCUT2D eigenvalue weighted by Crippen LogP contribution is 1.91. The molecule has 4 heteroatoms. The number of hydrogen-bond donors (Lipinski definition) is 1. The van der Waals surface area contributed by atoms with Gasteiger partial charge in [-0.15, -0.1) is 0 Å². The van der Waals surface area contributed by atoms with Crippen LogP contribution in [0.5, 0.6) is 0 Å². The topological polar surface area (TPSA) is 42.7 Å². The zero-order chi connectivity index (χ0) is 9.68. The van der Waals surface area contributed by atoms with E-state index in [0.717, 1.165) is 25.5 Å². The van der Waals surface area contributed by atoms with Crippen LogP contribution in [0.25, 0.3) is 0 Å². The van der Waals surface area contributed by atoms with E-state index in [4.69, 9.17) is 0 Å². The molecule has 0 fully saturated rings. The fourth-order valence-corrected chi connectivity index (χ4v) is 1.04. The SMILES string of the molecule is CCn1cnc(CNCC(C)C)n1. The van der Waals surface area contributed by atoms with Crippen LogP contribution in [0, 0.1) is 5.92 Å². The maximum atomic E-state index is 4.27. The van der Waals surface area contributed by atoms with Gasteiger partial charge < -0.3 is 5.32 Å². The second kappa shape index (κ2) is 4.97. The van der Waals surface area contributed by atoms with Crippen LogP contribution >= 0.6 is 0 Å². The van der Waals surface area contributed by atoms with Crippen LogP contribution in [0.1, 0.15) is 26.6 Å². The lowest BCUT2D eigenvalue weighted by Crippen LogP contribution is -2.19. The monoisotopic (exact) mass is 182 g/mol. The number of hydrogen-bond acceptors (Lipinski definition) is 3. The Hall–Kier alpha value is -0.900. The van der Waals surface area contributed by atoms with Crippen molar-refractivity contribution in [3.05, 3.63) is 12.2 Å². The summed E-state index contributed by atoms with van der Waals surface area (Å²) in [6.45, 7) is 9.10. The van der Waals surface area contributed by atoms with E-state index in [-0.39, 0.29) is 0 Å². The van der Waals surface area contributed by atoms with Crippen LogP contribution in [0.15, 0.2) is 6.33 Å². The normalized spacial score (nSPS) is 11.1. The predicted molar refractivity (Wildman–Crippen MR) is 52.2 cm³/mol. The summed E-state index contributed by atoms with van der Waals surface area (Å²) >= 11 is 0. The maximum absolute atomic E-state index is 4.27. The molecule has 0 aliphatic rings. The van der Waals surface area contributed by atoms with Crippen molar-refractivity contribution >= 4 is 0 Å². The molecule has 0 aliphatic heterocycles. The maximum Gasteiger partial charge on any atom is 0.164 e. The van der Waals surface area contributed by atoms with Gasteiger partial charge in [-0.1, -0.05) is 13.8 Å². The second-order valence-electron chi connectivity index (χ2n) is 3.54. The quantitative estimate of drug-likeness (QED) is 0.740. The molecule has 0 saturated carbocycles. The zero-order valence-corrected chi connectivity index (χ0v) is 8.62. The average Bonchev–Trinajstić information content (AvgIpc) is 2.52. The summed E-state index contributed by atoms with van der Waals surface area (Å²) in [5.41, 5.74) is 0. The molecule has 74 valence electrons. The predicted octanol–water partition coefficient (Wildman–Crippen LogP) is 1.04. The molecular weight excluding hydrogens is 164 g/mol. The Bertz CT molecular complexity index is 242. The molecule has 0 saturated heterocycles. The van der Waals surface area contributed by atoms with Gasteiger partial charge in [0.2, 0.25) is 0 Å². The van der Waals surface area contributed by atoms with Crippen molar-refractivity contribution in [3.63, 3.8) is 0 Å². The molecule has 1 rings (SSSR count). The zero-order valence-electron chi connectivity index (χ0n) is 8.62. The van der Waals surface area contributed by atoms with Gasteiger partial charge in [0.05, 0.1) is 6.54 Å². The first kappa shape index (κ1) is 10.2. The highest BCUT2D eigenvalue weighted by atomic mass is 15.3. The van der Waals surface area contributed by atoms with Crippen LogP contribution < -0.4 is 5.32 Å². The lowest BCUT2D eigenvalue weighted by molar-refractivity contribution is 0.538. The van der Waals surface area contributed by atoms with E-state index in [1.807, 2.05) is 4.68 Å². The number of aromatic nitrogens is 3. The molecule has 0 aromatic carbocycles. The minimum atomic E-state index is 0.674. The Labute approximate surface area is 79.4 Å². The highest BCUT2D eigenvalue weighted by molar-refractivity contribution is 4.80. The standard InChI is InChI=1S/C9H18N4/c1-4-13-7-11-9(12-13)6-10-5-8(2)3/h7-8,10H,4-6H2,1-3H3. The van der Waals surface area contributed by atoms with Gasteiger partial charge >= 0.3 is 0 Å². The van der Waals surface area contributed by atoms with E-state index in [1.165, 1.54) is 0 Å². The van der Waals surface area contributed by atoms with Gasteiger partial charge in [0.15, 0.2) is 5.82 Å². The first-order chi connectivity index (χ1) is 6.22. The Morgan fingerprint density at radius 3 is 2.85 bits per heavy atom. The summed E-state index contributed by atoms with van der Waals surface area (Å²) in [5.74, 6) is 1.55. The van der Waals surface area contributed by atoms with Gasteiger partial charge in [-0.3, -0.25) is 4.68 Å². The molecule has 0 spiro atoms. The van der Waals surface area contributed by atoms with Gasteiger partial charge in [0.25, 0.3) is 0 Å². The van der Waals surface area contributed by atoms with Crippen molar-refractivity contribution in [2.75, 3.05) is 6.54 Å². The third-order valence-electron chi connectivity index (χ3n) is 1.74. The summed E-state index contributed by atoms with van der Waals surface area (Å²) in [6.07, 6.45) is 1.77. The second-order valence-corrected chi connectivity index (χ2v) is 3.54. The van der Waals surface area contributed by atoms with E-state index in [0.29, 0.717) is 5.92 Å². The molecular formula is C9H18N4. The lowest BCUT2D eigenvalue weighted by Gasteiger charge is -2.03. The fraction of sp³-hybridized carbons (Fsp3) is 0.778. The van der Waals surface area contributed by atoms with Crippen LogP contribution in [0.2, 0.25) is 0 Å². The Balaban J connectivity index is 2.28. The number of nitrogens with zero attached hydrogens (tertiary/aromatic N) is 3. The van der Waals surface area contributed by atoms with Crippen LogP contribution in [0.4, 0.5) is 0 Å². The summed E-state index contributed by atoms with van der Waals surface area (Å²) < 4.78 is 1.84. The first-order valence-corrected chi connectivity index (χ1v) is 4.81. The Morgan fingerprint density at radius 1 is 1.54 bits per heavy atom. The van der Waals surface area contributed by atoms with Gasteiger partial charge in [-0.2, -0.15) is 5.10 Å². The molecule has 0 aliphatic carbocycles. The highest BCUT2D eigenvalue weighted by Gasteiger charge is 1.99. The van der Waals surface area contributed by atoms with Crippen LogP contribution in [-0.4, -0.2) is 21.3 Å². The molecule has 0 bridgehead atoms. The summed E-state index contributed by atoms with van der Waals surface area (Å²) in [7, 11) is 0. The van der Waals surface area contributed by atoms with Gasteiger partial charge in [0.1, 0.15) is 6.33 Å². The van der Waals surface area contributed by atoms with Crippen molar-refractivity contribution < 1.29 is 0 Å².